The average Bonchev–Trinajstić information content (AvgIpc) is 3.07. The molecule has 0 saturated heterocycles. The van der Waals surface area contributed by atoms with Crippen LogP contribution in [0.4, 0.5) is 0 Å². The van der Waals surface area contributed by atoms with Gasteiger partial charge in [0.25, 0.3) is 0 Å². The number of halogens is 1. The summed E-state index contributed by atoms with van der Waals surface area (Å²) in [5.41, 5.74) is 2.50. The summed E-state index contributed by atoms with van der Waals surface area (Å²) < 4.78 is 1.68. The van der Waals surface area contributed by atoms with Crippen molar-refractivity contribution in [3.05, 3.63) is 101 Å². The zero-order valence-electron chi connectivity index (χ0n) is 14.3. The van der Waals surface area contributed by atoms with E-state index in [0.717, 1.165) is 5.52 Å². The first-order chi connectivity index (χ1) is 13.1. The number of fused-ring (bicyclic) bond motifs is 1. The Bertz CT molecular complexity index is 1130. The molecule has 0 unspecified atom stereocenters. The van der Waals surface area contributed by atoms with Gasteiger partial charge in [0.05, 0.1) is 17.6 Å². The zero-order chi connectivity index (χ0) is 18.8. The summed E-state index contributed by atoms with van der Waals surface area (Å²) in [6.45, 7) is 0.0409. The van der Waals surface area contributed by atoms with Crippen molar-refractivity contribution in [1.82, 2.24) is 9.55 Å². The molecule has 0 aliphatic heterocycles. The number of carbonyl (C=O) groups excluding carboxylic acids is 2. The van der Waals surface area contributed by atoms with Crippen molar-refractivity contribution < 1.29 is 9.59 Å². The van der Waals surface area contributed by atoms with Crippen molar-refractivity contribution in [2.45, 2.75) is 6.54 Å². The van der Waals surface area contributed by atoms with E-state index in [9.17, 15) is 9.59 Å². The first kappa shape index (κ1) is 17.2. The molecule has 0 saturated carbocycles. The van der Waals surface area contributed by atoms with Crippen LogP contribution in [-0.4, -0.2) is 21.1 Å². The Morgan fingerprint density at radius 2 is 1.48 bits per heavy atom. The van der Waals surface area contributed by atoms with Gasteiger partial charge in [-0.15, -0.1) is 0 Å². The van der Waals surface area contributed by atoms with E-state index in [4.69, 9.17) is 11.6 Å². The van der Waals surface area contributed by atoms with Gasteiger partial charge in [-0.2, -0.15) is 0 Å². The van der Waals surface area contributed by atoms with Crippen molar-refractivity contribution in [2.75, 3.05) is 0 Å². The van der Waals surface area contributed by atoms with Crippen LogP contribution in [-0.2, 0) is 6.54 Å². The fourth-order valence-electron chi connectivity index (χ4n) is 3.00. The fraction of sp³-hybridized carbons (Fsp3) is 0.0455. The molecule has 0 aliphatic rings. The molecule has 3 aromatic carbocycles. The van der Waals surface area contributed by atoms with Crippen molar-refractivity contribution >= 4 is 34.2 Å². The highest BCUT2D eigenvalue weighted by Crippen LogP contribution is 2.20. The quantitative estimate of drug-likeness (QED) is 0.471. The Balaban J connectivity index is 1.79. The van der Waals surface area contributed by atoms with E-state index >= 15 is 0 Å². The van der Waals surface area contributed by atoms with Gasteiger partial charge in [0, 0.05) is 16.1 Å². The van der Waals surface area contributed by atoms with Gasteiger partial charge in [-0.1, -0.05) is 54.1 Å². The molecule has 4 nitrogen and oxygen atoms in total. The highest BCUT2D eigenvalue weighted by molar-refractivity contribution is 6.30. The molecule has 5 heteroatoms. The van der Waals surface area contributed by atoms with Gasteiger partial charge in [0.15, 0.2) is 11.6 Å². The maximum Gasteiger partial charge on any atom is 0.228 e. The number of Topliss-reactive ketones (excluding diaryl/α,β-unsaturated/α-hetero) is 1. The largest absolute Gasteiger partial charge is 0.313 e. The van der Waals surface area contributed by atoms with Crippen LogP contribution < -0.4 is 0 Å². The standard InChI is InChI=1S/C22H15ClN2O2/c23-17-12-10-16(11-13-17)21(27)22-24-18-8-4-5-9-19(18)25(22)14-20(26)15-6-2-1-3-7-15/h1-13H,14H2. The summed E-state index contributed by atoms with van der Waals surface area (Å²) in [4.78, 5) is 30.2. The lowest BCUT2D eigenvalue weighted by atomic mass is 10.1. The fourth-order valence-corrected chi connectivity index (χ4v) is 3.12. The van der Waals surface area contributed by atoms with E-state index in [0.29, 0.717) is 21.7 Å². The van der Waals surface area contributed by atoms with Crippen LogP contribution in [0.25, 0.3) is 11.0 Å². The molecule has 4 aromatic rings. The van der Waals surface area contributed by atoms with Crippen LogP contribution in [0, 0.1) is 0 Å². The second-order valence-corrected chi connectivity index (χ2v) is 6.57. The van der Waals surface area contributed by atoms with Crippen LogP contribution in [0.15, 0.2) is 78.9 Å². The maximum absolute atomic E-state index is 13.0. The smallest absolute Gasteiger partial charge is 0.228 e. The lowest BCUT2D eigenvalue weighted by molar-refractivity contribution is 0.0968. The van der Waals surface area contributed by atoms with Gasteiger partial charge in [-0.05, 0) is 36.4 Å². The maximum atomic E-state index is 13.0. The van der Waals surface area contributed by atoms with E-state index in [1.807, 2.05) is 42.5 Å². The average molecular weight is 375 g/mol. The Morgan fingerprint density at radius 3 is 2.22 bits per heavy atom. The molecule has 1 heterocycles. The molecule has 1 aromatic heterocycles. The predicted octanol–water partition coefficient (Wildman–Crippen LogP) is 4.80. The molecule has 0 atom stereocenters. The Labute approximate surface area is 161 Å². The number of ketones is 2. The first-order valence-corrected chi connectivity index (χ1v) is 8.85. The summed E-state index contributed by atoms with van der Waals surface area (Å²) in [6.07, 6.45) is 0. The molecule has 0 aliphatic carbocycles. The Hall–Kier alpha value is -3.24. The molecular weight excluding hydrogens is 360 g/mol. The molecule has 132 valence electrons. The first-order valence-electron chi connectivity index (χ1n) is 8.47. The molecule has 4 rings (SSSR count). The van der Waals surface area contributed by atoms with Crippen LogP contribution >= 0.6 is 11.6 Å². The van der Waals surface area contributed by atoms with Gasteiger partial charge in [-0.25, -0.2) is 4.98 Å². The van der Waals surface area contributed by atoms with E-state index in [1.165, 1.54) is 0 Å². The van der Waals surface area contributed by atoms with E-state index < -0.39 is 0 Å². The monoisotopic (exact) mass is 374 g/mol. The third-order valence-corrected chi connectivity index (χ3v) is 4.61. The SMILES string of the molecule is O=C(Cn1c(C(=O)c2ccc(Cl)cc2)nc2ccccc21)c1ccccc1. The number of imidazole rings is 1. The molecule has 27 heavy (non-hydrogen) atoms. The number of rotatable bonds is 5. The number of benzene rings is 3. The Morgan fingerprint density at radius 1 is 0.815 bits per heavy atom. The summed E-state index contributed by atoms with van der Waals surface area (Å²) >= 11 is 5.92. The van der Waals surface area contributed by atoms with Gasteiger partial charge >= 0.3 is 0 Å². The normalized spacial score (nSPS) is 10.9. The van der Waals surface area contributed by atoms with Crippen molar-refractivity contribution in [2.24, 2.45) is 0 Å². The van der Waals surface area contributed by atoms with Crippen molar-refractivity contribution in [3.8, 4) is 0 Å². The summed E-state index contributed by atoms with van der Waals surface area (Å²) in [5, 5.41) is 0.555. The molecule has 0 spiro atoms. The lowest BCUT2D eigenvalue weighted by Gasteiger charge is -2.08. The molecule has 0 fully saturated rings. The summed E-state index contributed by atoms with van der Waals surface area (Å²) in [5.74, 6) is -0.0876. The molecule has 0 amide bonds. The third kappa shape index (κ3) is 3.39. The third-order valence-electron chi connectivity index (χ3n) is 4.36. The minimum absolute atomic E-state index is 0.0409. The van der Waals surface area contributed by atoms with E-state index in [-0.39, 0.29) is 23.9 Å². The van der Waals surface area contributed by atoms with Crippen LogP contribution in [0.5, 0.6) is 0 Å². The van der Waals surface area contributed by atoms with Crippen molar-refractivity contribution in [1.29, 1.82) is 0 Å². The highest BCUT2D eigenvalue weighted by atomic mass is 35.5. The van der Waals surface area contributed by atoms with Crippen LogP contribution in [0.1, 0.15) is 26.5 Å². The second kappa shape index (κ2) is 7.17. The number of hydrogen-bond acceptors (Lipinski definition) is 3. The molecule has 0 bridgehead atoms. The number of para-hydroxylation sites is 2. The predicted molar refractivity (Wildman–Crippen MR) is 105 cm³/mol. The molecule has 0 radical (unpaired) electrons. The lowest BCUT2D eigenvalue weighted by Crippen LogP contribution is -2.17. The molecular formula is C22H15ClN2O2. The number of nitrogens with zero attached hydrogens (tertiary/aromatic N) is 2. The van der Waals surface area contributed by atoms with Crippen molar-refractivity contribution in [3.63, 3.8) is 0 Å². The van der Waals surface area contributed by atoms with E-state index in [2.05, 4.69) is 4.98 Å². The minimum atomic E-state index is -0.247. The number of aromatic nitrogens is 2. The highest BCUT2D eigenvalue weighted by Gasteiger charge is 2.21. The van der Waals surface area contributed by atoms with Gasteiger partial charge in [-0.3, -0.25) is 9.59 Å². The summed E-state index contributed by atoms with van der Waals surface area (Å²) in [6, 6.07) is 23.1. The van der Waals surface area contributed by atoms with Crippen LogP contribution in [0.3, 0.4) is 0 Å². The zero-order valence-corrected chi connectivity index (χ0v) is 15.1. The molecule has 0 N–H and O–H groups in total. The number of carbonyl (C=O) groups is 2. The van der Waals surface area contributed by atoms with E-state index in [1.54, 1.807) is 41.0 Å². The Kier molecular flexibility index (Phi) is 4.57. The van der Waals surface area contributed by atoms with Crippen LogP contribution in [0.2, 0.25) is 5.02 Å². The minimum Gasteiger partial charge on any atom is -0.313 e. The second-order valence-electron chi connectivity index (χ2n) is 6.14. The number of hydrogen-bond donors (Lipinski definition) is 0. The van der Waals surface area contributed by atoms with Gasteiger partial charge < -0.3 is 4.57 Å². The topological polar surface area (TPSA) is 52.0 Å². The summed E-state index contributed by atoms with van der Waals surface area (Å²) in [7, 11) is 0. The van der Waals surface area contributed by atoms with Gasteiger partial charge in [0.1, 0.15) is 0 Å². The van der Waals surface area contributed by atoms with Gasteiger partial charge in [0.2, 0.25) is 5.78 Å².